The number of amides is 5. The van der Waals surface area contributed by atoms with Crippen LogP contribution in [0.4, 0.5) is 11.4 Å². The van der Waals surface area contributed by atoms with Crippen LogP contribution < -0.4 is 10.2 Å². The molecule has 2 heterocycles. The zero-order valence-electron chi connectivity index (χ0n) is 17.3. The number of benzene rings is 3. The first-order valence-electron chi connectivity index (χ1n) is 10.3. The lowest BCUT2D eigenvalue weighted by Gasteiger charge is -2.13. The highest BCUT2D eigenvalue weighted by Crippen LogP contribution is 2.30. The Balaban J connectivity index is 1.27. The van der Waals surface area contributed by atoms with Gasteiger partial charge < -0.3 is 5.32 Å². The van der Waals surface area contributed by atoms with E-state index < -0.39 is 29.5 Å². The summed E-state index contributed by atoms with van der Waals surface area (Å²) in [5.41, 5.74) is 1.92. The largest absolute Gasteiger partial charge is 0.326 e. The van der Waals surface area contributed by atoms with E-state index in [4.69, 9.17) is 0 Å². The second-order valence-electron chi connectivity index (χ2n) is 7.65. The fraction of sp³-hybridized carbons (Fsp3) is 0.0800. The summed E-state index contributed by atoms with van der Waals surface area (Å²) >= 11 is 0. The van der Waals surface area contributed by atoms with Gasteiger partial charge in [-0.25, -0.2) is 4.90 Å². The molecule has 0 unspecified atom stereocenters. The number of carbonyl (C=O) groups is 5. The van der Waals surface area contributed by atoms with E-state index in [9.17, 15) is 24.0 Å². The smallest absolute Gasteiger partial charge is 0.266 e. The molecule has 3 aromatic carbocycles. The van der Waals surface area contributed by atoms with Crippen molar-refractivity contribution in [3.63, 3.8) is 0 Å². The molecule has 162 valence electrons. The summed E-state index contributed by atoms with van der Waals surface area (Å²) in [4.78, 5) is 65.0. The van der Waals surface area contributed by atoms with Gasteiger partial charge in [0.15, 0.2) is 0 Å². The Hall–Kier alpha value is -4.59. The maximum atomic E-state index is 12.8. The normalized spacial score (nSPS) is 14.5. The summed E-state index contributed by atoms with van der Waals surface area (Å²) in [5.74, 6) is -2.17. The first-order valence-corrected chi connectivity index (χ1v) is 10.3. The highest BCUT2D eigenvalue weighted by Gasteiger charge is 2.37. The molecule has 2 aliphatic rings. The van der Waals surface area contributed by atoms with Crippen LogP contribution in [0.2, 0.25) is 0 Å². The quantitative estimate of drug-likeness (QED) is 0.615. The average molecular weight is 439 g/mol. The van der Waals surface area contributed by atoms with Gasteiger partial charge in [-0.3, -0.25) is 28.9 Å². The summed E-state index contributed by atoms with van der Waals surface area (Å²) in [5, 5.41) is 2.67. The molecular weight excluding hydrogens is 422 g/mol. The van der Waals surface area contributed by atoms with E-state index in [2.05, 4.69) is 5.32 Å². The maximum absolute atomic E-state index is 12.8. The molecule has 0 saturated heterocycles. The van der Waals surface area contributed by atoms with Gasteiger partial charge in [0, 0.05) is 18.7 Å². The topological polar surface area (TPSA) is 104 Å². The summed E-state index contributed by atoms with van der Waals surface area (Å²) in [6.07, 6.45) is -0.106. The van der Waals surface area contributed by atoms with E-state index in [0.29, 0.717) is 22.5 Å². The molecule has 2 aliphatic heterocycles. The molecule has 0 saturated carbocycles. The maximum Gasteiger partial charge on any atom is 0.266 e. The molecule has 33 heavy (non-hydrogen) atoms. The molecule has 5 amide bonds. The number of hydrogen-bond donors (Lipinski definition) is 1. The Labute approximate surface area is 188 Å². The monoisotopic (exact) mass is 439 g/mol. The van der Waals surface area contributed by atoms with Crippen molar-refractivity contribution in [2.45, 2.75) is 6.42 Å². The molecule has 3 aromatic rings. The fourth-order valence-corrected chi connectivity index (χ4v) is 4.01. The molecule has 8 heteroatoms. The number of rotatable bonds is 5. The lowest BCUT2D eigenvalue weighted by Crippen LogP contribution is -2.32. The number of fused-ring (bicyclic) bond motifs is 2. The SMILES string of the molecule is O=C(CCN1C(=O)c2ccccc2C1=O)Nc1ccc2c(c1)C(=O)N(c1ccccc1)C2=O. The number of para-hydroxylation sites is 1. The van der Waals surface area contributed by atoms with E-state index >= 15 is 0 Å². The van der Waals surface area contributed by atoms with Crippen molar-refractivity contribution in [1.82, 2.24) is 4.90 Å². The number of anilines is 2. The lowest BCUT2D eigenvalue weighted by molar-refractivity contribution is -0.116. The van der Waals surface area contributed by atoms with Crippen LogP contribution in [0.1, 0.15) is 47.9 Å². The van der Waals surface area contributed by atoms with Gasteiger partial charge in [0.05, 0.1) is 27.9 Å². The van der Waals surface area contributed by atoms with Gasteiger partial charge in [-0.2, -0.15) is 0 Å². The van der Waals surface area contributed by atoms with Crippen LogP contribution in [0.3, 0.4) is 0 Å². The number of hydrogen-bond acceptors (Lipinski definition) is 5. The standard InChI is InChI=1S/C25H17N3O5/c29-21(12-13-27-22(30)17-8-4-5-9-18(17)23(27)31)26-15-10-11-19-20(14-15)25(33)28(24(19)32)16-6-2-1-3-7-16/h1-11,14H,12-13H2,(H,26,29). The van der Waals surface area contributed by atoms with Gasteiger partial charge in [0.1, 0.15) is 0 Å². The van der Waals surface area contributed by atoms with Crippen LogP contribution in [0.25, 0.3) is 0 Å². The van der Waals surface area contributed by atoms with Crippen LogP contribution in [0, 0.1) is 0 Å². The first kappa shape index (κ1) is 20.3. The molecule has 5 rings (SSSR count). The molecular formula is C25H17N3O5. The van der Waals surface area contributed by atoms with Crippen molar-refractivity contribution < 1.29 is 24.0 Å². The second kappa shape index (κ2) is 7.83. The molecule has 0 atom stereocenters. The van der Waals surface area contributed by atoms with Crippen molar-refractivity contribution in [2.75, 3.05) is 16.8 Å². The molecule has 0 aliphatic carbocycles. The van der Waals surface area contributed by atoms with E-state index in [-0.39, 0.29) is 24.1 Å². The van der Waals surface area contributed by atoms with Crippen molar-refractivity contribution in [2.24, 2.45) is 0 Å². The summed E-state index contributed by atoms with van der Waals surface area (Å²) in [6, 6.07) is 19.6. The number of nitrogens with zero attached hydrogens (tertiary/aromatic N) is 2. The molecule has 0 fully saturated rings. The first-order chi connectivity index (χ1) is 16.0. The van der Waals surface area contributed by atoms with Crippen LogP contribution in [0.5, 0.6) is 0 Å². The minimum atomic E-state index is -0.469. The van der Waals surface area contributed by atoms with Gasteiger partial charge >= 0.3 is 0 Å². The second-order valence-corrected chi connectivity index (χ2v) is 7.65. The third-order valence-electron chi connectivity index (χ3n) is 5.63. The Morgan fingerprint density at radius 2 is 1.24 bits per heavy atom. The number of carbonyl (C=O) groups excluding carboxylic acids is 5. The minimum absolute atomic E-state index is 0.0671. The Bertz CT molecular complexity index is 1310. The van der Waals surface area contributed by atoms with Crippen LogP contribution in [0.15, 0.2) is 72.8 Å². The summed E-state index contributed by atoms with van der Waals surface area (Å²) < 4.78 is 0. The van der Waals surface area contributed by atoms with Gasteiger partial charge in [-0.15, -0.1) is 0 Å². The van der Waals surface area contributed by atoms with Gasteiger partial charge in [-0.05, 0) is 42.5 Å². The van der Waals surface area contributed by atoms with Crippen molar-refractivity contribution in [1.29, 1.82) is 0 Å². The summed E-state index contributed by atoms with van der Waals surface area (Å²) in [7, 11) is 0. The van der Waals surface area contributed by atoms with Gasteiger partial charge in [0.2, 0.25) is 5.91 Å². The Morgan fingerprint density at radius 1 is 0.667 bits per heavy atom. The van der Waals surface area contributed by atoms with Crippen molar-refractivity contribution in [3.05, 3.63) is 95.1 Å². The fourth-order valence-electron chi connectivity index (χ4n) is 4.01. The van der Waals surface area contributed by atoms with Crippen LogP contribution >= 0.6 is 0 Å². The Morgan fingerprint density at radius 3 is 1.91 bits per heavy atom. The summed E-state index contributed by atoms with van der Waals surface area (Å²) in [6.45, 7) is -0.0671. The van der Waals surface area contributed by atoms with Crippen LogP contribution in [-0.4, -0.2) is 41.0 Å². The lowest BCUT2D eigenvalue weighted by atomic mass is 10.1. The molecule has 0 bridgehead atoms. The molecule has 8 nitrogen and oxygen atoms in total. The average Bonchev–Trinajstić information content (AvgIpc) is 3.22. The van der Waals surface area contributed by atoms with E-state index in [1.54, 1.807) is 60.7 Å². The van der Waals surface area contributed by atoms with Gasteiger partial charge in [0.25, 0.3) is 23.6 Å². The third kappa shape index (κ3) is 3.38. The Kier molecular flexibility index (Phi) is 4.82. The van der Waals surface area contributed by atoms with Gasteiger partial charge in [-0.1, -0.05) is 30.3 Å². The van der Waals surface area contributed by atoms with Crippen LogP contribution in [-0.2, 0) is 4.79 Å². The highest BCUT2D eigenvalue weighted by molar-refractivity contribution is 6.34. The van der Waals surface area contributed by atoms with E-state index in [0.717, 1.165) is 9.80 Å². The van der Waals surface area contributed by atoms with E-state index in [1.807, 2.05) is 0 Å². The zero-order chi connectivity index (χ0) is 23.1. The predicted octanol–water partition coefficient (Wildman–Crippen LogP) is 3.11. The van der Waals surface area contributed by atoms with Crippen molar-refractivity contribution >= 4 is 40.9 Å². The zero-order valence-corrected chi connectivity index (χ0v) is 17.3. The van der Waals surface area contributed by atoms with E-state index in [1.165, 1.54) is 12.1 Å². The molecule has 0 spiro atoms. The molecule has 0 aromatic heterocycles. The minimum Gasteiger partial charge on any atom is -0.326 e. The third-order valence-corrected chi connectivity index (χ3v) is 5.63. The predicted molar refractivity (Wildman–Crippen MR) is 119 cm³/mol. The highest BCUT2D eigenvalue weighted by atomic mass is 16.2. The number of nitrogens with one attached hydrogen (secondary N) is 1. The molecule has 1 N–H and O–H groups in total. The number of imide groups is 2. The van der Waals surface area contributed by atoms with Crippen molar-refractivity contribution in [3.8, 4) is 0 Å². The molecule has 0 radical (unpaired) electrons.